The van der Waals surface area contributed by atoms with Crippen LogP contribution in [0.2, 0.25) is 0 Å². The lowest BCUT2D eigenvalue weighted by atomic mass is 10.3. The van der Waals surface area contributed by atoms with E-state index in [0.717, 1.165) is 0 Å². The molecule has 0 spiro atoms. The molecular weight excluding hydrogens is 308 g/mol. The van der Waals surface area contributed by atoms with Gasteiger partial charge in [0.2, 0.25) is 0 Å². The van der Waals surface area contributed by atoms with Crippen LogP contribution in [0.4, 0.5) is 11.4 Å². The number of ether oxygens (including phenoxy) is 3. The summed E-state index contributed by atoms with van der Waals surface area (Å²) >= 11 is 0. The van der Waals surface area contributed by atoms with Crippen LogP contribution < -0.4 is 9.47 Å². The first-order valence-electron chi connectivity index (χ1n) is 6.38. The quantitative estimate of drug-likeness (QED) is 0.318. The molecule has 0 amide bonds. The molecule has 0 saturated carbocycles. The summed E-state index contributed by atoms with van der Waals surface area (Å²) in [5.41, 5.74) is -0.0560. The zero-order valence-corrected chi connectivity index (χ0v) is 11.8. The summed E-state index contributed by atoms with van der Waals surface area (Å²) in [6.45, 7) is -0.213. The lowest BCUT2D eigenvalue weighted by Gasteiger charge is -2.08. The molecule has 2 aromatic rings. The van der Waals surface area contributed by atoms with Crippen LogP contribution in [0.5, 0.6) is 11.5 Å². The summed E-state index contributed by atoms with van der Waals surface area (Å²) in [6.07, 6.45) is 0. The molecule has 9 heteroatoms. The predicted octanol–water partition coefficient (Wildman–Crippen LogP) is 2.89. The maximum absolute atomic E-state index is 10.5. The number of benzene rings is 2. The molecule has 0 saturated heterocycles. The third kappa shape index (κ3) is 4.93. The average Bonchev–Trinajstić information content (AvgIpc) is 2.55. The van der Waals surface area contributed by atoms with E-state index in [-0.39, 0.29) is 25.0 Å². The van der Waals surface area contributed by atoms with E-state index in [1.807, 2.05) is 0 Å². The lowest BCUT2D eigenvalue weighted by Crippen LogP contribution is -2.08. The van der Waals surface area contributed by atoms with E-state index in [9.17, 15) is 20.2 Å². The molecule has 0 aliphatic rings. The number of non-ortho nitro benzene ring substituents is 2. The van der Waals surface area contributed by atoms with Gasteiger partial charge in [0.05, 0.1) is 9.85 Å². The van der Waals surface area contributed by atoms with Gasteiger partial charge < -0.3 is 14.2 Å². The zero-order valence-electron chi connectivity index (χ0n) is 11.8. The van der Waals surface area contributed by atoms with Crippen LogP contribution in [0, 0.1) is 20.2 Å². The molecule has 23 heavy (non-hydrogen) atoms. The molecule has 0 fully saturated rings. The van der Waals surface area contributed by atoms with Gasteiger partial charge in [-0.25, -0.2) is 0 Å². The molecule has 120 valence electrons. The Morgan fingerprint density at radius 1 is 0.696 bits per heavy atom. The molecule has 0 aromatic heterocycles. The van der Waals surface area contributed by atoms with Gasteiger partial charge >= 0.3 is 0 Å². The molecule has 0 aliphatic carbocycles. The number of nitro groups is 2. The Bertz CT molecular complexity index is 611. The van der Waals surface area contributed by atoms with Crippen LogP contribution in [0.1, 0.15) is 0 Å². The second-order valence-corrected chi connectivity index (χ2v) is 4.23. The second kappa shape index (κ2) is 7.71. The number of rotatable bonds is 8. The summed E-state index contributed by atoms with van der Waals surface area (Å²) in [7, 11) is 0. The predicted molar refractivity (Wildman–Crippen MR) is 78.3 cm³/mol. The number of nitro benzene ring substituents is 2. The minimum Gasteiger partial charge on any atom is -0.467 e. The van der Waals surface area contributed by atoms with Gasteiger partial charge in [0.1, 0.15) is 11.5 Å². The van der Waals surface area contributed by atoms with Gasteiger partial charge in [-0.05, 0) is 24.3 Å². The first-order valence-corrected chi connectivity index (χ1v) is 6.38. The van der Waals surface area contributed by atoms with Crippen molar-refractivity contribution in [3.8, 4) is 11.5 Å². The van der Waals surface area contributed by atoms with Crippen molar-refractivity contribution in [1.29, 1.82) is 0 Å². The highest BCUT2D eigenvalue weighted by molar-refractivity contribution is 5.36. The van der Waals surface area contributed by atoms with Crippen LogP contribution in [-0.4, -0.2) is 23.4 Å². The Kier molecular flexibility index (Phi) is 5.42. The second-order valence-electron chi connectivity index (χ2n) is 4.23. The normalized spacial score (nSPS) is 10.1. The Morgan fingerprint density at radius 2 is 1.04 bits per heavy atom. The maximum Gasteiger partial charge on any atom is 0.269 e. The van der Waals surface area contributed by atoms with Gasteiger partial charge in [0, 0.05) is 24.3 Å². The topological polar surface area (TPSA) is 114 Å². The minimum absolute atomic E-state index is 0.0280. The Morgan fingerprint density at radius 3 is 1.35 bits per heavy atom. The highest BCUT2D eigenvalue weighted by atomic mass is 16.7. The van der Waals surface area contributed by atoms with Crippen LogP contribution in [0.25, 0.3) is 0 Å². The van der Waals surface area contributed by atoms with E-state index in [1.54, 1.807) is 0 Å². The molecule has 2 aromatic carbocycles. The van der Waals surface area contributed by atoms with Crippen molar-refractivity contribution in [2.75, 3.05) is 13.6 Å². The smallest absolute Gasteiger partial charge is 0.269 e. The Labute approximate surface area is 130 Å². The van der Waals surface area contributed by atoms with E-state index in [1.165, 1.54) is 48.5 Å². The first-order chi connectivity index (χ1) is 11.1. The average molecular weight is 320 g/mol. The summed E-state index contributed by atoms with van der Waals surface area (Å²) in [5, 5.41) is 21.0. The Hall–Kier alpha value is -3.20. The summed E-state index contributed by atoms with van der Waals surface area (Å²) in [4.78, 5) is 20.0. The summed E-state index contributed by atoms with van der Waals surface area (Å²) in [6, 6.07) is 11.1. The van der Waals surface area contributed by atoms with Crippen molar-refractivity contribution in [2.45, 2.75) is 0 Å². The summed E-state index contributed by atoms with van der Waals surface area (Å²) in [5.74, 6) is 0.844. The molecule has 0 unspecified atom stereocenters. The van der Waals surface area contributed by atoms with E-state index < -0.39 is 9.85 Å². The minimum atomic E-state index is -0.502. The molecule has 9 nitrogen and oxygen atoms in total. The van der Waals surface area contributed by atoms with Crippen LogP contribution >= 0.6 is 0 Å². The summed E-state index contributed by atoms with van der Waals surface area (Å²) < 4.78 is 15.5. The van der Waals surface area contributed by atoms with Crippen LogP contribution in [0.3, 0.4) is 0 Å². The monoisotopic (exact) mass is 320 g/mol. The molecule has 2 rings (SSSR count). The fraction of sp³-hybridized carbons (Fsp3) is 0.143. The molecule has 0 aliphatic heterocycles. The molecule has 0 atom stereocenters. The van der Waals surface area contributed by atoms with Crippen LogP contribution in [0.15, 0.2) is 48.5 Å². The van der Waals surface area contributed by atoms with Crippen molar-refractivity contribution in [3.05, 3.63) is 68.8 Å². The van der Waals surface area contributed by atoms with Crippen molar-refractivity contribution in [3.63, 3.8) is 0 Å². The first kappa shape index (κ1) is 16.2. The largest absolute Gasteiger partial charge is 0.467 e. The van der Waals surface area contributed by atoms with E-state index in [4.69, 9.17) is 14.2 Å². The van der Waals surface area contributed by atoms with E-state index in [0.29, 0.717) is 11.5 Å². The van der Waals surface area contributed by atoms with Gasteiger partial charge in [-0.3, -0.25) is 20.2 Å². The molecule has 0 bridgehead atoms. The highest BCUT2D eigenvalue weighted by Gasteiger charge is 2.05. The lowest BCUT2D eigenvalue weighted by molar-refractivity contribution is -0.385. The molecule has 0 heterocycles. The van der Waals surface area contributed by atoms with Gasteiger partial charge in [-0.1, -0.05) is 0 Å². The van der Waals surface area contributed by atoms with E-state index in [2.05, 4.69) is 0 Å². The fourth-order valence-corrected chi connectivity index (χ4v) is 1.58. The number of hydrogen-bond donors (Lipinski definition) is 0. The highest BCUT2D eigenvalue weighted by Crippen LogP contribution is 2.18. The van der Waals surface area contributed by atoms with Crippen molar-refractivity contribution in [1.82, 2.24) is 0 Å². The third-order valence-electron chi connectivity index (χ3n) is 2.71. The van der Waals surface area contributed by atoms with Gasteiger partial charge in [-0.2, -0.15) is 0 Å². The SMILES string of the molecule is O=[N+]([O-])c1ccc(OCOCOc2ccc([N+](=O)[O-])cc2)cc1. The standard InChI is InChI=1S/C14H12N2O7/c17-15(18)11-1-5-13(6-2-11)22-9-21-10-23-14-7-3-12(4-8-14)16(19)20/h1-8H,9-10H2. The van der Waals surface area contributed by atoms with Gasteiger partial charge in [0.25, 0.3) is 11.4 Å². The van der Waals surface area contributed by atoms with Crippen molar-refractivity contribution in [2.24, 2.45) is 0 Å². The molecular formula is C14H12N2O7. The number of hydrogen-bond acceptors (Lipinski definition) is 7. The van der Waals surface area contributed by atoms with E-state index >= 15 is 0 Å². The zero-order chi connectivity index (χ0) is 16.7. The van der Waals surface area contributed by atoms with Crippen molar-refractivity contribution < 1.29 is 24.1 Å². The fourth-order valence-electron chi connectivity index (χ4n) is 1.58. The van der Waals surface area contributed by atoms with Crippen molar-refractivity contribution >= 4 is 11.4 Å². The molecule has 0 radical (unpaired) electrons. The number of nitrogens with zero attached hydrogens (tertiary/aromatic N) is 2. The maximum atomic E-state index is 10.5. The Balaban J connectivity index is 1.69. The van der Waals surface area contributed by atoms with Crippen LogP contribution in [-0.2, 0) is 4.74 Å². The van der Waals surface area contributed by atoms with Gasteiger partial charge in [0.15, 0.2) is 13.6 Å². The van der Waals surface area contributed by atoms with Gasteiger partial charge in [-0.15, -0.1) is 0 Å². The molecule has 0 N–H and O–H groups in total. The third-order valence-corrected chi connectivity index (χ3v) is 2.71.